The normalized spacial score (nSPS) is 17.4. The van der Waals surface area contributed by atoms with Crippen molar-refractivity contribution in [3.8, 4) is 5.69 Å². The fourth-order valence-corrected chi connectivity index (χ4v) is 2.82. The average molecular weight is 321 g/mol. The molecule has 0 bridgehead atoms. The Morgan fingerprint density at radius 2 is 2.26 bits per heavy atom. The number of rotatable bonds is 2. The molecule has 19 heavy (non-hydrogen) atoms. The molecule has 98 valence electrons. The monoisotopic (exact) mass is 320 g/mol. The zero-order valence-electron chi connectivity index (χ0n) is 10.6. The summed E-state index contributed by atoms with van der Waals surface area (Å²) in [5, 5.41) is 10.2. The van der Waals surface area contributed by atoms with Gasteiger partial charge in [-0.2, -0.15) is 5.10 Å². The van der Waals surface area contributed by atoms with Crippen LogP contribution in [0.15, 0.2) is 29.0 Å². The quantitative estimate of drug-likeness (QED) is 0.891. The number of nitrogens with zero attached hydrogens (tertiary/aromatic N) is 2. The molecule has 0 aliphatic carbocycles. The minimum atomic E-state index is -0.292. The molecular weight excluding hydrogens is 308 g/mol. The van der Waals surface area contributed by atoms with Gasteiger partial charge in [0.25, 0.3) is 0 Å². The molecule has 2 N–H and O–H groups in total. The summed E-state index contributed by atoms with van der Waals surface area (Å²) in [7, 11) is 1.78. The molecule has 5 nitrogen and oxygen atoms in total. The van der Waals surface area contributed by atoms with E-state index in [1.807, 2.05) is 25.3 Å². The second-order valence-corrected chi connectivity index (χ2v) is 5.42. The molecule has 0 radical (unpaired) electrons. The van der Waals surface area contributed by atoms with Gasteiger partial charge >= 0.3 is 0 Å². The van der Waals surface area contributed by atoms with Crippen molar-refractivity contribution in [3.05, 3.63) is 40.1 Å². The van der Waals surface area contributed by atoms with E-state index in [-0.39, 0.29) is 11.9 Å². The van der Waals surface area contributed by atoms with E-state index in [0.717, 1.165) is 27.0 Å². The minimum absolute atomic E-state index is 0.0294. The number of anilines is 1. The van der Waals surface area contributed by atoms with Gasteiger partial charge in [-0.3, -0.25) is 4.79 Å². The van der Waals surface area contributed by atoms with Gasteiger partial charge in [-0.15, -0.1) is 0 Å². The van der Waals surface area contributed by atoms with Crippen LogP contribution >= 0.6 is 15.9 Å². The molecule has 3 rings (SSSR count). The van der Waals surface area contributed by atoms with Gasteiger partial charge in [-0.05, 0) is 47.6 Å². The van der Waals surface area contributed by atoms with Crippen molar-refractivity contribution in [2.45, 2.75) is 13.0 Å². The third-order valence-corrected chi connectivity index (χ3v) is 3.83. The first-order chi connectivity index (χ1) is 9.10. The lowest BCUT2D eigenvalue weighted by atomic mass is 10.1. The third-order valence-electron chi connectivity index (χ3n) is 3.20. The van der Waals surface area contributed by atoms with E-state index in [1.54, 1.807) is 17.9 Å². The predicted octanol–water partition coefficient (Wildman–Crippen LogP) is 2.16. The van der Waals surface area contributed by atoms with E-state index < -0.39 is 0 Å². The molecule has 1 aromatic carbocycles. The third kappa shape index (κ3) is 1.97. The second kappa shape index (κ2) is 4.47. The zero-order valence-corrected chi connectivity index (χ0v) is 12.2. The molecule has 6 heteroatoms. The van der Waals surface area contributed by atoms with Crippen molar-refractivity contribution in [1.29, 1.82) is 0 Å². The van der Waals surface area contributed by atoms with E-state index >= 15 is 0 Å². The van der Waals surface area contributed by atoms with E-state index in [9.17, 15) is 4.79 Å². The highest BCUT2D eigenvalue weighted by Gasteiger charge is 2.30. The van der Waals surface area contributed by atoms with Crippen LogP contribution in [0.1, 0.15) is 17.2 Å². The first-order valence-corrected chi connectivity index (χ1v) is 6.72. The number of hydrogen-bond acceptors (Lipinski definition) is 3. The smallest absolute Gasteiger partial charge is 0.246 e. The molecule has 1 atom stereocenters. The van der Waals surface area contributed by atoms with E-state index in [0.29, 0.717) is 0 Å². The molecule has 1 amide bonds. The number of hydrogen-bond donors (Lipinski definition) is 2. The Labute approximate surface area is 119 Å². The number of amides is 1. The van der Waals surface area contributed by atoms with Crippen LogP contribution in [0.25, 0.3) is 5.69 Å². The van der Waals surface area contributed by atoms with E-state index in [4.69, 9.17) is 0 Å². The highest BCUT2D eigenvalue weighted by atomic mass is 79.9. The number of carbonyl (C=O) groups is 1. The van der Waals surface area contributed by atoms with Gasteiger partial charge in [0.15, 0.2) is 0 Å². The SMILES string of the molecule is CNC1C(=O)Nc2cc(-n3cc(C)cn3)c(Br)cc21. The van der Waals surface area contributed by atoms with Gasteiger partial charge in [-0.1, -0.05) is 0 Å². The lowest BCUT2D eigenvalue weighted by Gasteiger charge is -2.10. The number of halogens is 1. The van der Waals surface area contributed by atoms with E-state index in [1.165, 1.54) is 0 Å². The molecule has 2 aromatic rings. The Kier molecular flexibility index (Phi) is 2.91. The second-order valence-electron chi connectivity index (χ2n) is 4.56. The van der Waals surface area contributed by atoms with Crippen LogP contribution in [0, 0.1) is 6.92 Å². The molecule has 2 heterocycles. The van der Waals surface area contributed by atoms with Crippen molar-refractivity contribution in [2.24, 2.45) is 0 Å². The molecule has 0 saturated carbocycles. The number of aromatic nitrogens is 2. The average Bonchev–Trinajstić information content (AvgIpc) is 2.91. The zero-order chi connectivity index (χ0) is 13.6. The van der Waals surface area contributed by atoms with Gasteiger partial charge in [0, 0.05) is 21.9 Å². The summed E-state index contributed by atoms with van der Waals surface area (Å²) in [4.78, 5) is 11.8. The summed E-state index contributed by atoms with van der Waals surface area (Å²) in [6.45, 7) is 1.99. The van der Waals surface area contributed by atoms with Crippen LogP contribution in [-0.2, 0) is 4.79 Å². The molecule has 1 aliphatic heterocycles. The van der Waals surface area contributed by atoms with Crippen molar-refractivity contribution in [2.75, 3.05) is 12.4 Å². The first-order valence-electron chi connectivity index (χ1n) is 5.93. The number of carbonyl (C=O) groups excluding carboxylic acids is 1. The fraction of sp³-hybridized carbons (Fsp3) is 0.231. The Morgan fingerprint density at radius 3 is 2.89 bits per heavy atom. The number of benzene rings is 1. The van der Waals surface area contributed by atoms with Crippen molar-refractivity contribution >= 4 is 27.5 Å². The molecular formula is C13H13BrN4O. The van der Waals surface area contributed by atoms with Crippen molar-refractivity contribution in [1.82, 2.24) is 15.1 Å². The Hall–Kier alpha value is -1.66. The predicted molar refractivity (Wildman–Crippen MR) is 76.4 cm³/mol. The highest BCUT2D eigenvalue weighted by molar-refractivity contribution is 9.10. The first kappa shape index (κ1) is 12.4. The van der Waals surface area contributed by atoms with Gasteiger partial charge in [0.1, 0.15) is 6.04 Å². The van der Waals surface area contributed by atoms with Gasteiger partial charge in [0.2, 0.25) is 5.91 Å². The van der Waals surface area contributed by atoms with E-state index in [2.05, 4.69) is 31.7 Å². The van der Waals surface area contributed by atoms with Crippen LogP contribution in [0.5, 0.6) is 0 Å². The molecule has 0 fully saturated rings. The largest absolute Gasteiger partial charge is 0.324 e. The summed E-state index contributed by atoms with van der Waals surface area (Å²) >= 11 is 3.54. The van der Waals surface area contributed by atoms with Crippen LogP contribution in [0.4, 0.5) is 5.69 Å². The summed E-state index contributed by atoms with van der Waals surface area (Å²) < 4.78 is 2.70. The van der Waals surface area contributed by atoms with Crippen LogP contribution < -0.4 is 10.6 Å². The maximum absolute atomic E-state index is 11.8. The summed E-state index contributed by atoms with van der Waals surface area (Å²) in [6, 6.07) is 3.60. The van der Waals surface area contributed by atoms with Crippen molar-refractivity contribution in [3.63, 3.8) is 0 Å². The fourth-order valence-electron chi connectivity index (χ4n) is 2.28. The van der Waals surface area contributed by atoms with Crippen LogP contribution in [0.2, 0.25) is 0 Å². The molecule has 1 aromatic heterocycles. The number of aryl methyl sites for hydroxylation is 1. The molecule has 0 saturated heterocycles. The lowest BCUT2D eigenvalue weighted by molar-refractivity contribution is -0.117. The molecule has 1 aliphatic rings. The maximum Gasteiger partial charge on any atom is 0.246 e. The number of fused-ring (bicyclic) bond motifs is 1. The Bertz CT molecular complexity index is 665. The standard InChI is InChI=1S/C13H13BrN4O/c1-7-5-16-18(6-7)11-4-10-8(3-9(11)14)12(15-2)13(19)17-10/h3-6,12,15H,1-2H3,(H,17,19). The summed E-state index contributed by atoms with van der Waals surface area (Å²) in [5.41, 5.74) is 3.77. The van der Waals surface area contributed by atoms with Crippen LogP contribution in [0.3, 0.4) is 0 Å². The lowest BCUT2D eigenvalue weighted by Crippen LogP contribution is -2.23. The van der Waals surface area contributed by atoms with Gasteiger partial charge in [-0.25, -0.2) is 4.68 Å². The molecule has 1 unspecified atom stereocenters. The number of nitrogens with one attached hydrogen (secondary N) is 2. The topological polar surface area (TPSA) is 59.0 Å². The summed E-state index contributed by atoms with van der Waals surface area (Å²) in [5.74, 6) is -0.0294. The summed E-state index contributed by atoms with van der Waals surface area (Å²) in [6.07, 6.45) is 3.74. The highest BCUT2D eigenvalue weighted by Crippen LogP contribution is 2.36. The Balaban J connectivity index is 2.12. The molecule has 0 spiro atoms. The number of likely N-dealkylation sites (N-methyl/N-ethyl adjacent to an activating group) is 1. The Morgan fingerprint density at radius 1 is 1.47 bits per heavy atom. The van der Waals surface area contributed by atoms with Gasteiger partial charge < -0.3 is 10.6 Å². The minimum Gasteiger partial charge on any atom is -0.324 e. The van der Waals surface area contributed by atoms with Crippen LogP contribution in [-0.4, -0.2) is 22.7 Å². The van der Waals surface area contributed by atoms with Crippen molar-refractivity contribution < 1.29 is 4.79 Å². The maximum atomic E-state index is 11.8. The van der Waals surface area contributed by atoms with Gasteiger partial charge in [0.05, 0.1) is 11.9 Å².